The van der Waals surface area contributed by atoms with Gasteiger partial charge in [-0.3, -0.25) is 19.9 Å². The zero-order valence-corrected chi connectivity index (χ0v) is 13.0. The van der Waals surface area contributed by atoms with E-state index in [4.69, 9.17) is 4.74 Å². The van der Waals surface area contributed by atoms with E-state index in [-0.39, 0.29) is 17.9 Å². The number of hydrogen-bond acceptors (Lipinski definition) is 8. The average molecular weight is 323 g/mol. The maximum absolute atomic E-state index is 12.2. The van der Waals surface area contributed by atoms with E-state index in [9.17, 15) is 19.7 Å². The minimum Gasteiger partial charge on any atom is -0.469 e. The SMILES string of the molecule is C/C=N/N(C)C(CC(=O)OC)C(=O)Oc1ccc([N+](=O)[O-])cc1. The fourth-order valence-corrected chi connectivity index (χ4v) is 1.69. The summed E-state index contributed by atoms with van der Waals surface area (Å²) in [5, 5.41) is 15.8. The van der Waals surface area contributed by atoms with Crippen LogP contribution in [-0.4, -0.2) is 48.3 Å². The van der Waals surface area contributed by atoms with Crippen LogP contribution in [0.5, 0.6) is 5.75 Å². The number of hydrazone groups is 1. The molecule has 0 saturated carbocycles. The highest BCUT2D eigenvalue weighted by Crippen LogP contribution is 2.18. The molecule has 0 fully saturated rings. The maximum atomic E-state index is 12.2. The lowest BCUT2D eigenvalue weighted by atomic mass is 10.2. The lowest BCUT2D eigenvalue weighted by Gasteiger charge is -2.22. The molecule has 0 bridgehead atoms. The molecule has 0 aliphatic rings. The molecule has 1 unspecified atom stereocenters. The molecule has 9 nitrogen and oxygen atoms in total. The number of nitro benzene ring substituents is 1. The molecule has 0 amide bonds. The summed E-state index contributed by atoms with van der Waals surface area (Å²) in [7, 11) is 2.73. The van der Waals surface area contributed by atoms with Gasteiger partial charge in [-0.2, -0.15) is 5.10 Å². The van der Waals surface area contributed by atoms with Crippen molar-refractivity contribution in [3.05, 3.63) is 34.4 Å². The molecule has 0 spiro atoms. The summed E-state index contributed by atoms with van der Waals surface area (Å²) in [6.07, 6.45) is 1.22. The number of carbonyl (C=O) groups is 2. The number of benzene rings is 1. The van der Waals surface area contributed by atoms with Gasteiger partial charge in [-0.25, -0.2) is 4.79 Å². The number of carbonyl (C=O) groups excluding carboxylic acids is 2. The van der Waals surface area contributed by atoms with Gasteiger partial charge in [0.15, 0.2) is 6.04 Å². The monoisotopic (exact) mass is 323 g/mol. The van der Waals surface area contributed by atoms with Gasteiger partial charge in [0.05, 0.1) is 18.5 Å². The zero-order chi connectivity index (χ0) is 17.4. The Morgan fingerprint density at radius 2 is 2.00 bits per heavy atom. The van der Waals surface area contributed by atoms with Crippen LogP contribution in [0.25, 0.3) is 0 Å². The smallest absolute Gasteiger partial charge is 0.336 e. The van der Waals surface area contributed by atoms with Crippen molar-refractivity contribution in [1.82, 2.24) is 5.01 Å². The molecule has 0 saturated heterocycles. The van der Waals surface area contributed by atoms with Gasteiger partial charge in [-0.15, -0.1) is 0 Å². The molecule has 9 heteroatoms. The minimum absolute atomic E-state index is 0.122. The Balaban J connectivity index is 2.87. The van der Waals surface area contributed by atoms with Crippen molar-refractivity contribution in [2.24, 2.45) is 5.10 Å². The molecule has 0 N–H and O–H groups in total. The molecule has 1 rings (SSSR count). The molecule has 124 valence electrons. The van der Waals surface area contributed by atoms with Gasteiger partial charge in [0.1, 0.15) is 5.75 Å². The molecule has 1 aromatic carbocycles. The van der Waals surface area contributed by atoms with E-state index in [1.54, 1.807) is 6.92 Å². The van der Waals surface area contributed by atoms with Crippen LogP contribution in [-0.2, 0) is 14.3 Å². The Morgan fingerprint density at radius 3 is 2.48 bits per heavy atom. The van der Waals surface area contributed by atoms with E-state index in [0.29, 0.717) is 0 Å². The first-order valence-corrected chi connectivity index (χ1v) is 6.63. The second-order valence-corrected chi connectivity index (χ2v) is 4.42. The van der Waals surface area contributed by atoms with Crippen molar-refractivity contribution in [2.45, 2.75) is 19.4 Å². The molecular weight excluding hydrogens is 306 g/mol. The fourth-order valence-electron chi connectivity index (χ4n) is 1.69. The standard InChI is InChI=1S/C14H17N3O6/c1-4-15-16(2)12(9-13(18)22-3)14(19)23-11-7-5-10(6-8-11)17(20)21/h4-8,12H,9H2,1-3H3/b15-4+. The van der Waals surface area contributed by atoms with Crippen LogP contribution in [0.2, 0.25) is 0 Å². The third-order valence-corrected chi connectivity index (χ3v) is 2.87. The molecule has 0 aliphatic heterocycles. The summed E-state index contributed by atoms with van der Waals surface area (Å²) < 4.78 is 9.69. The topological polar surface area (TPSA) is 111 Å². The van der Waals surface area contributed by atoms with E-state index in [1.165, 1.54) is 49.6 Å². The van der Waals surface area contributed by atoms with Crippen molar-refractivity contribution in [3.8, 4) is 5.75 Å². The quantitative estimate of drug-likeness (QED) is 0.245. The number of hydrogen-bond donors (Lipinski definition) is 0. The highest BCUT2D eigenvalue weighted by atomic mass is 16.6. The predicted molar refractivity (Wildman–Crippen MR) is 81.1 cm³/mol. The average Bonchev–Trinajstić information content (AvgIpc) is 2.52. The number of rotatable bonds is 7. The first kappa shape index (κ1) is 18.1. The first-order chi connectivity index (χ1) is 10.9. The van der Waals surface area contributed by atoms with Crippen LogP contribution in [0.3, 0.4) is 0 Å². The number of ether oxygens (including phenoxy) is 2. The molecule has 0 aliphatic carbocycles. The third kappa shape index (κ3) is 5.38. The minimum atomic E-state index is -0.978. The Labute approximate surface area is 132 Å². The van der Waals surface area contributed by atoms with E-state index in [1.807, 2.05) is 0 Å². The Hall–Kier alpha value is -2.97. The van der Waals surface area contributed by atoms with Crippen molar-refractivity contribution >= 4 is 23.8 Å². The van der Waals surface area contributed by atoms with Crippen LogP contribution in [0.4, 0.5) is 5.69 Å². The van der Waals surface area contributed by atoms with Crippen LogP contribution in [0.1, 0.15) is 13.3 Å². The van der Waals surface area contributed by atoms with Crippen LogP contribution >= 0.6 is 0 Å². The first-order valence-electron chi connectivity index (χ1n) is 6.63. The zero-order valence-electron chi connectivity index (χ0n) is 13.0. The molecule has 23 heavy (non-hydrogen) atoms. The number of nitro groups is 1. The fraction of sp³-hybridized carbons (Fsp3) is 0.357. The molecule has 0 aromatic heterocycles. The number of nitrogens with zero attached hydrogens (tertiary/aromatic N) is 3. The molecular formula is C14H17N3O6. The van der Waals surface area contributed by atoms with E-state index in [2.05, 4.69) is 9.84 Å². The highest BCUT2D eigenvalue weighted by Gasteiger charge is 2.28. The largest absolute Gasteiger partial charge is 0.469 e. The van der Waals surface area contributed by atoms with Gasteiger partial charge in [0.2, 0.25) is 0 Å². The van der Waals surface area contributed by atoms with Crippen LogP contribution < -0.4 is 4.74 Å². The van der Waals surface area contributed by atoms with Crippen LogP contribution in [0, 0.1) is 10.1 Å². The van der Waals surface area contributed by atoms with Gasteiger partial charge in [0.25, 0.3) is 5.69 Å². The molecule has 0 heterocycles. The van der Waals surface area contributed by atoms with Gasteiger partial charge >= 0.3 is 11.9 Å². The van der Waals surface area contributed by atoms with Gasteiger partial charge in [0, 0.05) is 25.4 Å². The summed E-state index contributed by atoms with van der Waals surface area (Å²) >= 11 is 0. The van der Waals surface area contributed by atoms with Crippen molar-refractivity contribution in [2.75, 3.05) is 14.2 Å². The maximum Gasteiger partial charge on any atom is 0.336 e. The van der Waals surface area contributed by atoms with Gasteiger partial charge in [-0.1, -0.05) is 0 Å². The second kappa shape index (κ2) is 8.47. The van der Waals surface area contributed by atoms with E-state index >= 15 is 0 Å². The van der Waals surface area contributed by atoms with Crippen molar-refractivity contribution in [3.63, 3.8) is 0 Å². The van der Waals surface area contributed by atoms with Crippen molar-refractivity contribution in [1.29, 1.82) is 0 Å². The summed E-state index contributed by atoms with van der Waals surface area (Å²) in [5.74, 6) is -1.18. The van der Waals surface area contributed by atoms with E-state index < -0.39 is 22.9 Å². The normalized spacial score (nSPS) is 11.8. The Morgan fingerprint density at radius 1 is 1.39 bits per heavy atom. The summed E-state index contributed by atoms with van der Waals surface area (Å²) in [6, 6.07) is 4.05. The lowest BCUT2D eigenvalue weighted by Crippen LogP contribution is -2.40. The summed E-state index contributed by atoms with van der Waals surface area (Å²) in [4.78, 5) is 33.7. The number of non-ortho nitro benzene ring substituents is 1. The van der Waals surface area contributed by atoms with Gasteiger partial charge < -0.3 is 9.47 Å². The summed E-state index contributed by atoms with van der Waals surface area (Å²) in [5.41, 5.74) is -0.122. The Bertz CT molecular complexity index is 599. The number of likely N-dealkylation sites (N-methyl/N-ethyl adjacent to an activating group) is 1. The highest BCUT2D eigenvalue weighted by molar-refractivity contribution is 5.84. The molecule has 1 aromatic rings. The number of methoxy groups -OCH3 is 1. The van der Waals surface area contributed by atoms with Crippen molar-refractivity contribution < 1.29 is 24.0 Å². The van der Waals surface area contributed by atoms with E-state index in [0.717, 1.165) is 0 Å². The molecule has 0 radical (unpaired) electrons. The Kier molecular flexibility index (Phi) is 6.66. The summed E-state index contributed by atoms with van der Waals surface area (Å²) in [6.45, 7) is 1.66. The molecule has 1 atom stereocenters. The lowest BCUT2D eigenvalue weighted by molar-refractivity contribution is -0.384. The van der Waals surface area contributed by atoms with Gasteiger partial charge in [-0.05, 0) is 19.1 Å². The number of esters is 2. The third-order valence-electron chi connectivity index (χ3n) is 2.87. The van der Waals surface area contributed by atoms with Crippen LogP contribution in [0.15, 0.2) is 29.4 Å². The second-order valence-electron chi connectivity index (χ2n) is 4.42. The predicted octanol–water partition coefficient (Wildman–Crippen LogP) is 1.37.